The number of sulfonamides is 1. The first-order valence-corrected chi connectivity index (χ1v) is 9.42. The van der Waals surface area contributed by atoms with Gasteiger partial charge in [-0.1, -0.05) is 18.2 Å². The van der Waals surface area contributed by atoms with E-state index in [1.54, 1.807) is 17.0 Å². The van der Waals surface area contributed by atoms with Crippen LogP contribution in [0.25, 0.3) is 0 Å². The Balaban J connectivity index is 1.98. The fourth-order valence-corrected chi connectivity index (χ4v) is 4.13. The van der Waals surface area contributed by atoms with Crippen LogP contribution in [0.3, 0.4) is 0 Å². The molecule has 1 N–H and O–H groups in total. The zero-order valence-electron chi connectivity index (χ0n) is 13.7. The van der Waals surface area contributed by atoms with Gasteiger partial charge in [-0.15, -0.1) is 0 Å². The van der Waals surface area contributed by atoms with Crippen LogP contribution >= 0.6 is 0 Å². The van der Waals surface area contributed by atoms with Crippen LogP contribution in [0.4, 0.5) is 0 Å². The van der Waals surface area contributed by atoms with Crippen LogP contribution in [0.1, 0.15) is 23.2 Å². The van der Waals surface area contributed by atoms with E-state index in [0.29, 0.717) is 38.0 Å². The molecular formula is C16H25N3O3S. The van der Waals surface area contributed by atoms with Gasteiger partial charge in [-0.05, 0) is 39.1 Å². The average Bonchev–Trinajstić information content (AvgIpc) is 2.54. The maximum atomic E-state index is 12.5. The van der Waals surface area contributed by atoms with Gasteiger partial charge in [0.15, 0.2) is 0 Å². The first kappa shape index (κ1) is 17.9. The number of likely N-dealkylation sites (N-methyl/N-ethyl adjacent to an activating group) is 1. The lowest BCUT2D eigenvalue weighted by Gasteiger charge is -2.32. The molecule has 2 rings (SSSR count). The number of nitrogens with zero attached hydrogens (tertiary/aromatic N) is 2. The summed E-state index contributed by atoms with van der Waals surface area (Å²) in [5.41, 5.74) is 0.603. The lowest BCUT2D eigenvalue weighted by molar-refractivity contribution is 0.0726. The molecule has 1 atom stereocenters. The third-order valence-electron chi connectivity index (χ3n) is 3.99. The van der Waals surface area contributed by atoms with Crippen LogP contribution in [-0.2, 0) is 10.0 Å². The van der Waals surface area contributed by atoms with E-state index < -0.39 is 15.3 Å². The van der Waals surface area contributed by atoms with Gasteiger partial charge >= 0.3 is 0 Å². The van der Waals surface area contributed by atoms with Gasteiger partial charge in [-0.2, -0.15) is 0 Å². The Morgan fingerprint density at radius 3 is 2.65 bits per heavy atom. The smallest absolute Gasteiger partial charge is 0.253 e. The number of carbonyl (C=O) groups is 1. The van der Waals surface area contributed by atoms with Crippen molar-refractivity contribution in [3.8, 4) is 0 Å². The zero-order chi connectivity index (χ0) is 16.9. The van der Waals surface area contributed by atoms with Gasteiger partial charge in [0.25, 0.3) is 5.91 Å². The summed E-state index contributed by atoms with van der Waals surface area (Å²) < 4.78 is 27.5. The highest BCUT2D eigenvalue weighted by atomic mass is 32.2. The largest absolute Gasteiger partial charge is 0.337 e. The molecule has 1 aromatic carbocycles. The second-order valence-corrected chi connectivity index (χ2v) is 8.17. The molecule has 0 aliphatic carbocycles. The highest BCUT2D eigenvalue weighted by Crippen LogP contribution is 2.18. The van der Waals surface area contributed by atoms with Gasteiger partial charge in [0.1, 0.15) is 0 Å². The maximum Gasteiger partial charge on any atom is 0.253 e. The van der Waals surface area contributed by atoms with Crippen molar-refractivity contribution in [1.29, 1.82) is 0 Å². The molecule has 1 unspecified atom stereocenters. The zero-order valence-corrected chi connectivity index (χ0v) is 14.6. The summed E-state index contributed by atoms with van der Waals surface area (Å²) in [5, 5.41) is -0.536. The fourth-order valence-electron chi connectivity index (χ4n) is 2.67. The normalized spacial score (nSPS) is 19.1. The molecule has 128 valence electrons. The molecule has 1 fully saturated rings. The summed E-state index contributed by atoms with van der Waals surface area (Å²) in [4.78, 5) is 16.1. The summed E-state index contributed by atoms with van der Waals surface area (Å²) in [5.74, 6) is -0.0983. The Hall–Kier alpha value is -1.44. The van der Waals surface area contributed by atoms with Gasteiger partial charge in [-0.25, -0.2) is 13.1 Å². The predicted molar refractivity (Wildman–Crippen MR) is 90.8 cm³/mol. The molecule has 0 spiro atoms. The van der Waals surface area contributed by atoms with E-state index in [4.69, 9.17) is 0 Å². The molecular weight excluding hydrogens is 314 g/mol. The monoisotopic (exact) mass is 339 g/mol. The molecule has 1 saturated heterocycles. The maximum absolute atomic E-state index is 12.5. The SMILES string of the molecule is CN(C)CCNS(=O)(=O)C1CCCN(C(=O)c2ccccc2)C1. The first-order chi connectivity index (χ1) is 10.9. The first-order valence-electron chi connectivity index (χ1n) is 7.87. The molecule has 6 nitrogen and oxygen atoms in total. The lowest BCUT2D eigenvalue weighted by Crippen LogP contribution is -2.49. The number of likely N-dealkylation sites (tertiary alicyclic amines) is 1. The molecule has 0 bridgehead atoms. The average molecular weight is 339 g/mol. The molecule has 1 heterocycles. The molecule has 7 heteroatoms. The summed E-state index contributed by atoms with van der Waals surface area (Å²) in [6.07, 6.45) is 1.30. The summed E-state index contributed by atoms with van der Waals surface area (Å²) >= 11 is 0. The molecule has 0 aromatic heterocycles. The van der Waals surface area contributed by atoms with E-state index in [-0.39, 0.29) is 12.5 Å². The Labute approximate surface area is 138 Å². The highest BCUT2D eigenvalue weighted by molar-refractivity contribution is 7.90. The number of hydrogen-bond donors (Lipinski definition) is 1. The number of carbonyl (C=O) groups excluding carboxylic acids is 1. The minimum atomic E-state index is -3.40. The van der Waals surface area contributed by atoms with Crippen molar-refractivity contribution in [1.82, 2.24) is 14.5 Å². The summed E-state index contributed by atoms with van der Waals surface area (Å²) in [6.45, 7) is 1.90. The van der Waals surface area contributed by atoms with Crippen LogP contribution in [0.15, 0.2) is 30.3 Å². The number of nitrogens with one attached hydrogen (secondary N) is 1. The molecule has 1 aliphatic rings. The summed E-state index contributed by atoms with van der Waals surface area (Å²) in [7, 11) is 0.398. The Morgan fingerprint density at radius 2 is 2.00 bits per heavy atom. The van der Waals surface area contributed by atoms with Crippen LogP contribution in [-0.4, -0.2) is 69.6 Å². The molecule has 23 heavy (non-hydrogen) atoms. The quantitative estimate of drug-likeness (QED) is 0.831. The fraction of sp³-hybridized carbons (Fsp3) is 0.562. The van der Waals surface area contributed by atoms with E-state index in [2.05, 4.69) is 4.72 Å². The van der Waals surface area contributed by atoms with Crippen molar-refractivity contribution >= 4 is 15.9 Å². The van der Waals surface area contributed by atoms with Crippen LogP contribution in [0.2, 0.25) is 0 Å². The van der Waals surface area contributed by atoms with Crippen molar-refractivity contribution in [2.24, 2.45) is 0 Å². The molecule has 1 aromatic rings. The van der Waals surface area contributed by atoms with E-state index in [0.717, 1.165) is 0 Å². The van der Waals surface area contributed by atoms with E-state index in [1.807, 2.05) is 37.2 Å². The number of piperidine rings is 1. The van der Waals surface area contributed by atoms with E-state index in [9.17, 15) is 13.2 Å². The second-order valence-electron chi connectivity index (χ2n) is 6.12. The third kappa shape index (κ3) is 5.02. The van der Waals surface area contributed by atoms with Gasteiger partial charge in [-0.3, -0.25) is 4.79 Å². The predicted octanol–water partition coefficient (Wildman–Crippen LogP) is 0.772. The minimum Gasteiger partial charge on any atom is -0.337 e. The van der Waals surface area contributed by atoms with E-state index >= 15 is 0 Å². The third-order valence-corrected chi connectivity index (χ3v) is 5.86. The standard InChI is InChI=1S/C16H25N3O3S/c1-18(2)12-10-17-23(21,22)15-9-6-11-19(13-15)16(20)14-7-4-3-5-8-14/h3-5,7-8,15,17H,6,9-13H2,1-2H3. The number of amides is 1. The van der Waals surface area contributed by atoms with Crippen molar-refractivity contribution in [2.75, 3.05) is 40.3 Å². The number of benzene rings is 1. The van der Waals surface area contributed by atoms with Gasteiger partial charge < -0.3 is 9.80 Å². The van der Waals surface area contributed by atoms with Crippen molar-refractivity contribution in [3.05, 3.63) is 35.9 Å². The number of rotatable bonds is 6. The molecule has 0 saturated carbocycles. The topological polar surface area (TPSA) is 69.7 Å². The van der Waals surface area contributed by atoms with Crippen LogP contribution in [0, 0.1) is 0 Å². The van der Waals surface area contributed by atoms with Gasteiger partial charge in [0.05, 0.1) is 5.25 Å². The molecule has 1 amide bonds. The molecule has 0 radical (unpaired) electrons. The van der Waals surface area contributed by atoms with Crippen molar-refractivity contribution < 1.29 is 13.2 Å². The van der Waals surface area contributed by atoms with Crippen LogP contribution < -0.4 is 4.72 Å². The number of hydrogen-bond acceptors (Lipinski definition) is 4. The molecule has 1 aliphatic heterocycles. The van der Waals surface area contributed by atoms with Crippen molar-refractivity contribution in [3.63, 3.8) is 0 Å². The van der Waals surface area contributed by atoms with Gasteiger partial charge in [0.2, 0.25) is 10.0 Å². The lowest BCUT2D eigenvalue weighted by atomic mass is 10.1. The Bertz CT molecular complexity index is 617. The highest BCUT2D eigenvalue weighted by Gasteiger charge is 2.32. The second kappa shape index (κ2) is 7.90. The van der Waals surface area contributed by atoms with E-state index in [1.165, 1.54) is 0 Å². The summed E-state index contributed by atoms with van der Waals surface area (Å²) in [6, 6.07) is 9.00. The minimum absolute atomic E-state index is 0.0983. The van der Waals surface area contributed by atoms with Crippen molar-refractivity contribution in [2.45, 2.75) is 18.1 Å². The Morgan fingerprint density at radius 1 is 1.30 bits per heavy atom. The van der Waals surface area contributed by atoms with Gasteiger partial charge in [0, 0.05) is 31.7 Å². The van der Waals surface area contributed by atoms with Crippen LogP contribution in [0.5, 0.6) is 0 Å². The Kier molecular flexibility index (Phi) is 6.15.